The zero-order valence-corrected chi connectivity index (χ0v) is 14.4. The molecular weight excluding hydrogens is 337 g/mol. The summed E-state index contributed by atoms with van der Waals surface area (Å²) in [6, 6.07) is 9.76. The molecule has 2 aromatic heterocycles. The Kier molecular flexibility index (Phi) is 5.21. The van der Waals surface area contributed by atoms with E-state index >= 15 is 0 Å². The number of aromatic nitrogens is 3. The van der Waals surface area contributed by atoms with Crippen molar-refractivity contribution in [1.29, 1.82) is 0 Å². The van der Waals surface area contributed by atoms with Crippen LogP contribution in [0.25, 0.3) is 0 Å². The minimum atomic E-state index is -0.355. The summed E-state index contributed by atoms with van der Waals surface area (Å²) < 4.78 is 18.6. The van der Waals surface area contributed by atoms with E-state index in [9.17, 15) is 9.18 Å². The summed E-state index contributed by atoms with van der Waals surface area (Å²) in [6.45, 7) is 3.83. The van der Waals surface area contributed by atoms with Crippen LogP contribution in [-0.4, -0.2) is 27.6 Å². The van der Waals surface area contributed by atoms with Crippen molar-refractivity contribution in [3.05, 3.63) is 64.9 Å². The van der Waals surface area contributed by atoms with Crippen molar-refractivity contribution in [3.8, 4) is 0 Å². The maximum absolute atomic E-state index is 13.6. The van der Waals surface area contributed by atoms with Gasteiger partial charge in [0.15, 0.2) is 5.82 Å². The van der Waals surface area contributed by atoms with Gasteiger partial charge in [-0.05, 0) is 38.0 Å². The molecule has 0 atom stereocenters. The molecule has 26 heavy (non-hydrogen) atoms. The van der Waals surface area contributed by atoms with Gasteiger partial charge in [0, 0.05) is 18.3 Å². The number of rotatable bonds is 6. The van der Waals surface area contributed by atoms with Gasteiger partial charge in [0.1, 0.15) is 17.3 Å². The van der Waals surface area contributed by atoms with Crippen LogP contribution in [0.5, 0.6) is 0 Å². The lowest BCUT2D eigenvalue weighted by Crippen LogP contribution is -2.27. The molecule has 0 bridgehead atoms. The second kappa shape index (κ2) is 7.73. The molecule has 2 N–H and O–H groups in total. The van der Waals surface area contributed by atoms with E-state index in [2.05, 4.69) is 25.8 Å². The number of carbonyl (C=O) groups is 1. The van der Waals surface area contributed by atoms with E-state index in [4.69, 9.17) is 4.52 Å². The fraction of sp³-hybridized carbons (Fsp3) is 0.222. The van der Waals surface area contributed by atoms with Gasteiger partial charge >= 0.3 is 0 Å². The minimum Gasteiger partial charge on any atom is -0.360 e. The second-order valence-corrected chi connectivity index (χ2v) is 5.76. The van der Waals surface area contributed by atoms with Gasteiger partial charge in [0.25, 0.3) is 5.91 Å². The third-order valence-corrected chi connectivity index (χ3v) is 3.59. The zero-order valence-electron chi connectivity index (χ0n) is 14.4. The van der Waals surface area contributed by atoms with E-state index < -0.39 is 0 Å². The van der Waals surface area contributed by atoms with E-state index in [0.29, 0.717) is 35.8 Å². The van der Waals surface area contributed by atoms with Crippen LogP contribution >= 0.6 is 0 Å². The number of nitrogens with one attached hydrogen (secondary N) is 2. The SMILES string of the molecule is Cc1cc(C(=O)NCCc2ccccc2F)nc(Nc2cc(C)on2)n1. The standard InChI is InChI=1S/C18H18FN5O2/c1-11-9-15(22-18(21-11)23-16-10-12(2)26-24-16)17(25)20-8-7-13-5-3-4-6-14(13)19/h3-6,9-10H,7-8H2,1-2H3,(H,20,25)(H,21,22,23,24). The number of nitrogens with zero attached hydrogens (tertiary/aromatic N) is 3. The number of anilines is 2. The van der Waals surface area contributed by atoms with Gasteiger partial charge in [-0.15, -0.1) is 0 Å². The van der Waals surface area contributed by atoms with Crippen molar-refractivity contribution < 1.29 is 13.7 Å². The Morgan fingerprint density at radius 2 is 2.00 bits per heavy atom. The Bertz CT molecular complexity index is 925. The largest absolute Gasteiger partial charge is 0.360 e. The molecular formula is C18H18FN5O2. The Labute approximate surface area is 149 Å². The van der Waals surface area contributed by atoms with Gasteiger partial charge in [-0.3, -0.25) is 4.79 Å². The van der Waals surface area contributed by atoms with Gasteiger partial charge < -0.3 is 15.2 Å². The highest BCUT2D eigenvalue weighted by Gasteiger charge is 2.12. The van der Waals surface area contributed by atoms with Crippen molar-refractivity contribution in [3.63, 3.8) is 0 Å². The molecule has 8 heteroatoms. The number of benzene rings is 1. The molecule has 0 saturated heterocycles. The molecule has 3 aromatic rings. The topological polar surface area (TPSA) is 92.9 Å². The summed E-state index contributed by atoms with van der Waals surface area (Å²) in [7, 11) is 0. The predicted octanol–water partition coefficient (Wildman–Crippen LogP) is 2.94. The van der Waals surface area contributed by atoms with Crippen molar-refractivity contribution >= 4 is 17.7 Å². The minimum absolute atomic E-state index is 0.216. The Morgan fingerprint density at radius 1 is 1.19 bits per heavy atom. The molecule has 0 fully saturated rings. The monoisotopic (exact) mass is 355 g/mol. The molecule has 1 aromatic carbocycles. The number of aryl methyl sites for hydroxylation is 2. The first-order valence-electron chi connectivity index (χ1n) is 8.09. The van der Waals surface area contributed by atoms with Crippen molar-refractivity contribution in [2.24, 2.45) is 0 Å². The normalized spacial score (nSPS) is 10.6. The summed E-state index contributed by atoms with van der Waals surface area (Å²) in [5.41, 5.74) is 1.39. The van der Waals surface area contributed by atoms with E-state index in [-0.39, 0.29) is 23.4 Å². The number of hydrogen-bond donors (Lipinski definition) is 2. The maximum Gasteiger partial charge on any atom is 0.270 e. The van der Waals surface area contributed by atoms with Gasteiger partial charge in [-0.25, -0.2) is 14.4 Å². The van der Waals surface area contributed by atoms with Crippen LogP contribution in [0.1, 0.15) is 27.5 Å². The van der Waals surface area contributed by atoms with E-state index in [0.717, 1.165) is 0 Å². The molecule has 0 aliphatic rings. The third-order valence-electron chi connectivity index (χ3n) is 3.59. The number of hydrogen-bond acceptors (Lipinski definition) is 6. The first-order valence-corrected chi connectivity index (χ1v) is 8.09. The second-order valence-electron chi connectivity index (χ2n) is 5.76. The molecule has 134 valence electrons. The first-order chi connectivity index (χ1) is 12.5. The van der Waals surface area contributed by atoms with Crippen molar-refractivity contribution in [1.82, 2.24) is 20.4 Å². The lowest BCUT2D eigenvalue weighted by Gasteiger charge is -2.08. The van der Waals surface area contributed by atoms with E-state index in [1.54, 1.807) is 44.2 Å². The third kappa shape index (κ3) is 4.41. The summed E-state index contributed by atoms with van der Waals surface area (Å²) in [5, 5.41) is 9.44. The predicted molar refractivity (Wildman–Crippen MR) is 93.7 cm³/mol. The smallest absolute Gasteiger partial charge is 0.270 e. The fourth-order valence-electron chi connectivity index (χ4n) is 2.38. The Morgan fingerprint density at radius 3 is 2.73 bits per heavy atom. The molecule has 0 radical (unpaired) electrons. The average Bonchev–Trinajstić information content (AvgIpc) is 3.00. The average molecular weight is 355 g/mol. The van der Waals surface area contributed by atoms with Crippen LogP contribution in [0.15, 0.2) is 40.9 Å². The van der Waals surface area contributed by atoms with Crippen LogP contribution < -0.4 is 10.6 Å². The first kappa shape index (κ1) is 17.5. The van der Waals surface area contributed by atoms with Gasteiger partial charge in [-0.1, -0.05) is 23.4 Å². The molecule has 7 nitrogen and oxygen atoms in total. The molecule has 0 aliphatic carbocycles. The highest BCUT2D eigenvalue weighted by atomic mass is 19.1. The number of halogens is 1. The van der Waals surface area contributed by atoms with E-state index in [1.165, 1.54) is 6.07 Å². The van der Waals surface area contributed by atoms with Gasteiger partial charge in [0.2, 0.25) is 5.95 Å². The fourth-order valence-corrected chi connectivity index (χ4v) is 2.38. The molecule has 3 rings (SSSR count). The molecule has 0 aliphatic heterocycles. The summed E-state index contributed by atoms with van der Waals surface area (Å²) in [6.07, 6.45) is 0.395. The quantitative estimate of drug-likeness (QED) is 0.706. The lowest BCUT2D eigenvalue weighted by atomic mass is 10.1. The van der Waals surface area contributed by atoms with Crippen LogP contribution in [0.4, 0.5) is 16.2 Å². The zero-order chi connectivity index (χ0) is 18.5. The van der Waals surface area contributed by atoms with Crippen LogP contribution in [0.2, 0.25) is 0 Å². The van der Waals surface area contributed by atoms with Crippen LogP contribution in [0.3, 0.4) is 0 Å². The molecule has 2 heterocycles. The molecule has 1 amide bonds. The number of carbonyl (C=O) groups excluding carboxylic acids is 1. The summed E-state index contributed by atoms with van der Waals surface area (Å²) in [4.78, 5) is 20.7. The molecule has 0 unspecified atom stereocenters. The van der Waals surface area contributed by atoms with Gasteiger partial charge in [-0.2, -0.15) is 0 Å². The summed E-state index contributed by atoms with van der Waals surface area (Å²) >= 11 is 0. The van der Waals surface area contributed by atoms with Crippen molar-refractivity contribution in [2.45, 2.75) is 20.3 Å². The maximum atomic E-state index is 13.6. The molecule has 0 spiro atoms. The van der Waals surface area contributed by atoms with Gasteiger partial charge in [0.05, 0.1) is 0 Å². The molecule has 0 saturated carbocycles. The summed E-state index contributed by atoms with van der Waals surface area (Å²) in [5.74, 6) is 0.711. The highest BCUT2D eigenvalue weighted by Crippen LogP contribution is 2.14. The Balaban J connectivity index is 1.64. The highest BCUT2D eigenvalue weighted by molar-refractivity contribution is 5.92. The van der Waals surface area contributed by atoms with Crippen LogP contribution in [-0.2, 0) is 6.42 Å². The Hall–Kier alpha value is -3.29. The van der Waals surface area contributed by atoms with E-state index in [1.807, 2.05) is 0 Å². The van der Waals surface area contributed by atoms with Crippen LogP contribution in [0, 0.1) is 19.7 Å². The van der Waals surface area contributed by atoms with Crippen molar-refractivity contribution in [2.75, 3.05) is 11.9 Å². The number of amides is 1. The lowest BCUT2D eigenvalue weighted by molar-refractivity contribution is 0.0949.